The molecule has 0 amide bonds. The van der Waals surface area contributed by atoms with Gasteiger partial charge in [-0.2, -0.15) is 0 Å². The van der Waals surface area contributed by atoms with Crippen LogP contribution in [-0.4, -0.2) is 10.4 Å². The molecule has 1 aromatic carbocycles. The van der Waals surface area contributed by atoms with Crippen molar-refractivity contribution >= 4 is 12.4 Å². The fraction of sp³-hybridized carbons (Fsp3) is 0.619. The van der Waals surface area contributed by atoms with E-state index in [4.69, 9.17) is 0 Å². The molecular weight excluding hydrogens is 302 g/mol. The fourth-order valence-corrected chi connectivity index (χ4v) is 2.96. The lowest BCUT2D eigenvalue weighted by molar-refractivity contribution is 0.160. The maximum Gasteiger partial charge on any atom is 0.0429 e. The molecule has 0 aromatic heterocycles. The van der Waals surface area contributed by atoms with Crippen molar-refractivity contribution in [3.63, 3.8) is 0 Å². The third-order valence-electron chi connectivity index (χ3n) is 4.59. The average Bonchev–Trinajstić information content (AvgIpc) is 2.52. The molecule has 0 saturated carbocycles. The van der Waals surface area contributed by atoms with Gasteiger partial charge in [-0.3, -0.25) is 0 Å². The van der Waals surface area contributed by atoms with Crippen LogP contribution < -0.4 is 0 Å². The monoisotopic (exact) mass is 337 g/mol. The van der Waals surface area contributed by atoms with Crippen LogP contribution >= 0.6 is 12.4 Å². The van der Waals surface area contributed by atoms with Crippen LogP contribution in [0.4, 0.5) is 0 Å². The average molecular weight is 338 g/mol. The number of benzene rings is 1. The lowest BCUT2D eigenvalue weighted by Gasteiger charge is -2.38. The van der Waals surface area contributed by atoms with Crippen LogP contribution in [0.1, 0.15) is 77.7 Å². The number of unbranched alkanes of at least 4 members (excludes halogenated alkanes) is 6. The molecule has 0 atom stereocenters. The molecule has 0 N–H and O–H groups in total. The largest absolute Gasteiger partial charge is 0.369 e. The summed E-state index contributed by atoms with van der Waals surface area (Å²) in [5, 5.41) is 0. The van der Waals surface area contributed by atoms with Crippen molar-refractivity contribution in [2.45, 2.75) is 84.2 Å². The summed E-state index contributed by atoms with van der Waals surface area (Å²) >= 11 is 0. The first-order valence-electron chi connectivity index (χ1n) is 9.03. The SMILES string of the molecule is C=CN(Cc1ccccc1)C(C)(C)CCCCCCCCC.Cl. The van der Waals surface area contributed by atoms with Crippen LogP contribution in [0.3, 0.4) is 0 Å². The number of rotatable bonds is 12. The highest BCUT2D eigenvalue weighted by atomic mass is 35.5. The van der Waals surface area contributed by atoms with Crippen molar-refractivity contribution < 1.29 is 0 Å². The Bertz CT molecular complexity index is 400. The van der Waals surface area contributed by atoms with E-state index >= 15 is 0 Å². The molecule has 0 aliphatic rings. The van der Waals surface area contributed by atoms with Gasteiger partial charge in [0.2, 0.25) is 0 Å². The van der Waals surface area contributed by atoms with Crippen molar-refractivity contribution in [2.24, 2.45) is 0 Å². The van der Waals surface area contributed by atoms with Gasteiger partial charge in [-0.05, 0) is 32.0 Å². The van der Waals surface area contributed by atoms with E-state index in [0.29, 0.717) is 0 Å². The molecular formula is C21H36ClN. The second-order valence-corrected chi connectivity index (χ2v) is 6.98. The van der Waals surface area contributed by atoms with Crippen molar-refractivity contribution in [1.29, 1.82) is 0 Å². The minimum atomic E-state index is 0. The molecule has 1 aromatic rings. The van der Waals surface area contributed by atoms with Crippen molar-refractivity contribution in [3.8, 4) is 0 Å². The van der Waals surface area contributed by atoms with Crippen LogP contribution in [0, 0.1) is 0 Å². The maximum atomic E-state index is 4.03. The summed E-state index contributed by atoms with van der Waals surface area (Å²) in [5.74, 6) is 0. The Labute approximate surface area is 150 Å². The Hall–Kier alpha value is -0.950. The van der Waals surface area contributed by atoms with Gasteiger partial charge in [0, 0.05) is 12.1 Å². The molecule has 2 heteroatoms. The molecule has 23 heavy (non-hydrogen) atoms. The van der Waals surface area contributed by atoms with Crippen LogP contribution in [0.5, 0.6) is 0 Å². The van der Waals surface area contributed by atoms with E-state index in [9.17, 15) is 0 Å². The van der Waals surface area contributed by atoms with Crippen LogP contribution in [0.15, 0.2) is 43.1 Å². The summed E-state index contributed by atoms with van der Waals surface area (Å²) < 4.78 is 0. The predicted octanol–water partition coefficient (Wildman–Crippen LogP) is 6.97. The van der Waals surface area contributed by atoms with E-state index < -0.39 is 0 Å². The lowest BCUT2D eigenvalue weighted by atomic mass is 9.93. The maximum absolute atomic E-state index is 4.03. The smallest absolute Gasteiger partial charge is 0.0429 e. The lowest BCUT2D eigenvalue weighted by Crippen LogP contribution is -2.39. The number of hydrogen-bond acceptors (Lipinski definition) is 1. The van der Waals surface area contributed by atoms with E-state index in [2.05, 4.69) is 62.6 Å². The van der Waals surface area contributed by atoms with Gasteiger partial charge in [-0.1, -0.05) is 88.8 Å². The van der Waals surface area contributed by atoms with Crippen LogP contribution in [-0.2, 0) is 6.54 Å². The van der Waals surface area contributed by atoms with Crippen molar-refractivity contribution in [3.05, 3.63) is 48.7 Å². The Morgan fingerprint density at radius 3 is 2.09 bits per heavy atom. The molecule has 0 saturated heterocycles. The molecule has 0 fully saturated rings. The third kappa shape index (κ3) is 9.05. The first-order valence-corrected chi connectivity index (χ1v) is 9.03. The zero-order valence-corrected chi connectivity index (χ0v) is 16.2. The quantitative estimate of drug-likeness (QED) is 0.372. The topological polar surface area (TPSA) is 3.24 Å². The number of nitrogens with zero attached hydrogens (tertiary/aromatic N) is 1. The van der Waals surface area contributed by atoms with Gasteiger partial charge in [-0.15, -0.1) is 12.4 Å². The van der Waals surface area contributed by atoms with Gasteiger partial charge in [-0.25, -0.2) is 0 Å². The minimum absolute atomic E-state index is 0. The van der Waals surface area contributed by atoms with Gasteiger partial charge < -0.3 is 4.90 Å². The van der Waals surface area contributed by atoms with Crippen molar-refractivity contribution in [1.82, 2.24) is 4.90 Å². The first kappa shape index (κ1) is 22.1. The Kier molecular flexibility index (Phi) is 12.0. The zero-order chi connectivity index (χ0) is 16.3. The standard InChI is InChI=1S/C21H35N.ClH/c1-5-7-8-9-10-11-15-18-21(3,4)22(6-2)19-20-16-13-12-14-17-20;/h6,12-14,16-17H,2,5,7-11,15,18-19H2,1,3-4H3;1H. The van der Waals surface area contributed by atoms with E-state index in [-0.39, 0.29) is 17.9 Å². The number of hydrogen-bond donors (Lipinski definition) is 0. The molecule has 0 radical (unpaired) electrons. The molecule has 0 spiro atoms. The van der Waals surface area contributed by atoms with E-state index in [1.165, 1.54) is 56.9 Å². The Balaban J connectivity index is 0.00000484. The summed E-state index contributed by atoms with van der Waals surface area (Å²) in [6.07, 6.45) is 12.9. The normalized spacial score (nSPS) is 10.9. The van der Waals surface area contributed by atoms with Gasteiger partial charge in [0.1, 0.15) is 0 Å². The molecule has 0 heterocycles. The molecule has 0 bridgehead atoms. The summed E-state index contributed by atoms with van der Waals surface area (Å²) in [5.41, 5.74) is 1.54. The first-order chi connectivity index (χ1) is 10.6. The van der Waals surface area contributed by atoms with Crippen LogP contribution in [0.2, 0.25) is 0 Å². The summed E-state index contributed by atoms with van der Waals surface area (Å²) in [4.78, 5) is 2.39. The second kappa shape index (κ2) is 12.5. The highest BCUT2D eigenvalue weighted by Gasteiger charge is 2.23. The zero-order valence-electron chi connectivity index (χ0n) is 15.4. The Morgan fingerprint density at radius 1 is 0.957 bits per heavy atom. The van der Waals surface area contributed by atoms with Gasteiger partial charge in [0.25, 0.3) is 0 Å². The minimum Gasteiger partial charge on any atom is -0.369 e. The van der Waals surface area contributed by atoms with Gasteiger partial charge in [0.15, 0.2) is 0 Å². The molecule has 132 valence electrons. The van der Waals surface area contributed by atoms with E-state index in [0.717, 1.165) is 6.54 Å². The number of halogens is 1. The van der Waals surface area contributed by atoms with Gasteiger partial charge in [0.05, 0.1) is 0 Å². The van der Waals surface area contributed by atoms with E-state index in [1.54, 1.807) is 0 Å². The molecule has 0 unspecified atom stereocenters. The van der Waals surface area contributed by atoms with Gasteiger partial charge >= 0.3 is 0 Å². The predicted molar refractivity (Wildman–Crippen MR) is 106 cm³/mol. The Morgan fingerprint density at radius 2 is 1.52 bits per heavy atom. The summed E-state index contributed by atoms with van der Waals surface area (Å²) in [6.45, 7) is 11.9. The highest BCUT2D eigenvalue weighted by molar-refractivity contribution is 5.85. The molecule has 0 aliphatic heterocycles. The van der Waals surface area contributed by atoms with E-state index in [1.807, 2.05) is 6.20 Å². The summed E-state index contributed by atoms with van der Waals surface area (Å²) in [6, 6.07) is 10.7. The van der Waals surface area contributed by atoms with Crippen LogP contribution in [0.25, 0.3) is 0 Å². The molecule has 1 rings (SSSR count). The second-order valence-electron chi connectivity index (χ2n) is 6.98. The van der Waals surface area contributed by atoms with Crippen molar-refractivity contribution in [2.75, 3.05) is 0 Å². The fourth-order valence-electron chi connectivity index (χ4n) is 2.96. The summed E-state index contributed by atoms with van der Waals surface area (Å²) in [7, 11) is 0. The third-order valence-corrected chi connectivity index (χ3v) is 4.59. The molecule has 0 aliphatic carbocycles. The molecule has 1 nitrogen and oxygen atoms in total. The highest BCUT2D eigenvalue weighted by Crippen LogP contribution is 2.25.